The van der Waals surface area contributed by atoms with Crippen molar-refractivity contribution in [2.75, 3.05) is 16.8 Å². The van der Waals surface area contributed by atoms with Crippen LogP contribution in [0.1, 0.15) is 38.8 Å². The van der Waals surface area contributed by atoms with Gasteiger partial charge in [0.15, 0.2) is 10.8 Å². The zero-order valence-corrected chi connectivity index (χ0v) is 19.4. The number of benzene rings is 2. The highest BCUT2D eigenvalue weighted by Gasteiger charge is 2.34. The quantitative estimate of drug-likeness (QED) is 0.478. The smallest absolute Gasteiger partial charge is 0.279 e. The molecule has 2 aromatic carbocycles. The van der Waals surface area contributed by atoms with Crippen molar-refractivity contribution in [2.24, 2.45) is 10.2 Å². The molecule has 0 fully saturated rings. The molecule has 0 atom stereocenters. The molecule has 0 radical (unpaired) electrons. The molecule has 4 N–H and O–H groups in total. The molecule has 1 aliphatic rings. The van der Waals surface area contributed by atoms with Crippen LogP contribution in [-0.2, 0) is 20.2 Å². The Morgan fingerprint density at radius 3 is 2.52 bits per heavy atom. The van der Waals surface area contributed by atoms with E-state index in [-0.39, 0.29) is 27.0 Å². The third kappa shape index (κ3) is 4.92. The highest BCUT2D eigenvalue weighted by molar-refractivity contribution is 7.89. The number of hydrazone groups is 1. The molecule has 0 saturated heterocycles. The Balaban J connectivity index is 1.86. The van der Waals surface area contributed by atoms with Gasteiger partial charge in [0.05, 0.1) is 10.6 Å². The summed E-state index contributed by atoms with van der Waals surface area (Å²) in [5, 5.41) is 12.4. The van der Waals surface area contributed by atoms with Gasteiger partial charge in [0.1, 0.15) is 0 Å². The van der Waals surface area contributed by atoms with E-state index < -0.39 is 10.0 Å². The zero-order valence-electron chi connectivity index (χ0n) is 17.8. The fraction of sp³-hybridized carbons (Fsp3) is 0.286. The largest absolute Gasteiger partial charge is 0.331 e. The maximum atomic E-state index is 12.9. The molecule has 10 heteroatoms. The summed E-state index contributed by atoms with van der Waals surface area (Å²) in [4.78, 5) is 14.5. The van der Waals surface area contributed by atoms with Gasteiger partial charge in [0.2, 0.25) is 10.0 Å². The highest BCUT2D eigenvalue weighted by Crippen LogP contribution is 2.33. The van der Waals surface area contributed by atoms with Crippen molar-refractivity contribution in [3.63, 3.8) is 0 Å². The van der Waals surface area contributed by atoms with Crippen LogP contribution in [0.3, 0.4) is 0 Å². The van der Waals surface area contributed by atoms with E-state index in [9.17, 15) is 13.2 Å². The molecule has 3 rings (SSSR count). The lowest BCUT2D eigenvalue weighted by Gasteiger charge is -2.20. The molecule has 0 saturated carbocycles. The van der Waals surface area contributed by atoms with Crippen LogP contribution < -0.4 is 20.8 Å². The van der Waals surface area contributed by atoms with Crippen molar-refractivity contribution in [1.82, 2.24) is 5.43 Å². The second-order valence-corrected chi connectivity index (χ2v) is 10.1. The zero-order chi connectivity index (χ0) is 23.0. The standard InChI is InChI=1S/C21H25N5O3S2/c1-5-26-17-10-9-13(21(2,3)4)11-16(17)18(19(26)27)24-25-20(30)23-14-7-6-8-15(12-14)31(22,28)29/h6-12H,5H2,1-4H3,(H2,22,28,29)(H2,23,25,30). The highest BCUT2D eigenvalue weighted by atomic mass is 32.2. The Labute approximate surface area is 187 Å². The number of sulfonamides is 1. The van der Waals surface area contributed by atoms with E-state index in [1.54, 1.807) is 17.0 Å². The van der Waals surface area contributed by atoms with E-state index in [2.05, 4.69) is 36.6 Å². The Morgan fingerprint density at radius 1 is 1.19 bits per heavy atom. The molecule has 164 valence electrons. The van der Waals surface area contributed by atoms with Gasteiger partial charge in [0, 0.05) is 17.8 Å². The third-order valence-corrected chi connectivity index (χ3v) is 5.97. The number of nitrogens with zero attached hydrogens (tertiary/aromatic N) is 2. The molecule has 2 aromatic rings. The summed E-state index contributed by atoms with van der Waals surface area (Å²) < 4.78 is 23.0. The minimum atomic E-state index is -3.83. The summed E-state index contributed by atoms with van der Waals surface area (Å²) in [6, 6.07) is 11.9. The second-order valence-electron chi connectivity index (χ2n) is 8.13. The first-order valence-electron chi connectivity index (χ1n) is 9.66. The Morgan fingerprint density at radius 2 is 1.90 bits per heavy atom. The van der Waals surface area contributed by atoms with E-state index in [0.29, 0.717) is 12.2 Å². The van der Waals surface area contributed by atoms with Gasteiger partial charge in [-0.1, -0.05) is 32.9 Å². The van der Waals surface area contributed by atoms with Crippen LogP contribution in [0.2, 0.25) is 0 Å². The number of carbonyl (C=O) groups excluding carboxylic acids is 1. The molecule has 31 heavy (non-hydrogen) atoms. The van der Waals surface area contributed by atoms with Crippen LogP contribution in [0.4, 0.5) is 11.4 Å². The summed E-state index contributed by atoms with van der Waals surface area (Å²) in [6.07, 6.45) is 0. The van der Waals surface area contributed by atoms with Gasteiger partial charge in [-0.3, -0.25) is 10.2 Å². The summed E-state index contributed by atoms with van der Waals surface area (Å²) in [5.41, 5.74) is 5.93. The van der Waals surface area contributed by atoms with Gasteiger partial charge in [-0.25, -0.2) is 13.6 Å². The second kappa shape index (κ2) is 8.37. The van der Waals surface area contributed by atoms with Crippen LogP contribution in [-0.4, -0.2) is 31.7 Å². The third-order valence-electron chi connectivity index (χ3n) is 4.86. The van der Waals surface area contributed by atoms with Crippen LogP contribution in [0.5, 0.6) is 0 Å². The van der Waals surface area contributed by atoms with E-state index in [0.717, 1.165) is 16.8 Å². The molecule has 1 heterocycles. The van der Waals surface area contributed by atoms with E-state index in [1.807, 2.05) is 25.1 Å². The number of thiocarbonyl (C=S) groups is 1. The molecule has 0 aliphatic carbocycles. The lowest BCUT2D eigenvalue weighted by Crippen LogP contribution is -2.32. The molecule has 0 spiro atoms. The van der Waals surface area contributed by atoms with Crippen LogP contribution in [0.15, 0.2) is 52.5 Å². The number of carbonyl (C=O) groups is 1. The normalized spacial score (nSPS) is 15.2. The summed E-state index contributed by atoms with van der Waals surface area (Å²) in [5.74, 6) is -0.213. The number of hydrogen-bond acceptors (Lipinski definition) is 5. The number of fused-ring (bicyclic) bond motifs is 1. The fourth-order valence-corrected chi connectivity index (χ4v) is 3.94. The maximum absolute atomic E-state index is 12.9. The Hall–Kier alpha value is -2.82. The van der Waals surface area contributed by atoms with Crippen LogP contribution in [0, 0.1) is 0 Å². The van der Waals surface area contributed by atoms with E-state index >= 15 is 0 Å². The predicted molar refractivity (Wildman–Crippen MR) is 127 cm³/mol. The number of nitrogens with one attached hydrogen (secondary N) is 2. The first-order valence-corrected chi connectivity index (χ1v) is 11.6. The molecular weight excluding hydrogens is 434 g/mol. The summed E-state index contributed by atoms with van der Waals surface area (Å²) in [7, 11) is -3.83. The van der Waals surface area contributed by atoms with Gasteiger partial charge in [-0.05, 0) is 60.5 Å². The van der Waals surface area contributed by atoms with Gasteiger partial charge >= 0.3 is 0 Å². The molecule has 0 aromatic heterocycles. The van der Waals surface area contributed by atoms with Gasteiger partial charge < -0.3 is 10.2 Å². The van der Waals surface area contributed by atoms with E-state index in [1.165, 1.54) is 12.1 Å². The van der Waals surface area contributed by atoms with Crippen LogP contribution >= 0.6 is 12.2 Å². The van der Waals surface area contributed by atoms with Crippen molar-refractivity contribution in [1.29, 1.82) is 0 Å². The minimum absolute atomic E-state index is 0.0418. The predicted octanol–water partition coefficient (Wildman–Crippen LogP) is 2.69. The SMILES string of the molecule is CCN1C(=O)C(=NNC(=S)Nc2cccc(S(N)(=O)=O)c2)c2cc(C(C)(C)C)ccc21. The van der Waals surface area contributed by atoms with Crippen molar-refractivity contribution >= 4 is 50.3 Å². The lowest BCUT2D eigenvalue weighted by atomic mass is 9.85. The molecule has 8 nitrogen and oxygen atoms in total. The average Bonchev–Trinajstić information content (AvgIpc) is 2.95. The Bertz CT molecular complexity index is 1180. The number of rotatable bonds is 4. The topological polar surface area (TPSA) is 117 Å². The van der Waals surface area contributed by atoms with Gasteiger partial charge in [0.25, 0.3) is 5.91 Å². The number of likely N-dealkylation sites (N-methyl/N-ethyl adjacent to an activating group) is 1. The van der Waals surface area contributed by atoms with Gasteiger partial charge in [-0.2, -0.15) is 5.10 Å². The number of hydrogen-bond donors (Lipinski definition) is 3. The van der Waals surface area contributed by atoms with Crippen molar-refractivity contribution in [3.05, 3.63) is 53.6 Å². The van der Waals surface area contributed by atoms with E-state index in [4.69, 9.17) is 17.4 Å². The van der Waals surface area contributed by atoms with Crippen LogP contribution in [0.25, 0.3) is 0 Å². The summed E-state index contributed by atoms with van der Waals surface area (Å²) in [6.45, 7) is 8.73. The average molecular weight is 460 g/mol. The van der Waals surface area contributed by atoms with Crippen molar-refractivity contribution < 1.29 is 13.2 Å². The molecule has 1 aliphatic heterocycles. The van der Waals surface area contributed by atoms with Crippen molar-refractivity contribution in [3.8, 4) is 0 Å². The number of anilines is 2. The number of amides is 1. The lowest BCUT2D eigenvalue weighted by molar-refractivity contribution is -0.112. The molecule has 0 bridgehead atoms. The molecule has 0 unspecified atom stereocenters. The molecule has 1 amide bonds. The number of nitrogens with two attached hydrogens (primary N) is 1. The first kappa shape index (κ1) is 22.9. The maximum Gasteiger partial charge on any atom is 0.279 e. The minimum Gasteiger partial charge on any atom is -0.331 e. The first-order chi connectivity index (χ1) is 14.4. The Kier molecular flexibility index (Phi) is 6.17. The monoisotopic (exact) mass is 459 g/mol. The summed E-state index contributed by atoms with van der Waals surface area (Å²) >= 11 is 5.25. The number of primary sulfonamides is 1. The van der Waals surface area contributed by atoms with Crippen molar-refractivity contribution in [2.45, 2.75) is 38.0 Å². The van der Waals surface area contributed by atoms with Gasteiger partial charge in [-0.15, -0.1) is 0 Å². The fourth-order valence-electron chi connectivity index (χ4n) is 3.22. The molecular formula is C21H25N5O3S2.